The molecule has 0 saturated heterocycles. The van der Waals surface area contributed by atoms with E-state index in [0.717, 1.165) is 22.9 Å². The van der Waals surface area contributed by atoms with Crippen LogP contribution in [0.4, 0.5) is 0 Å². The number of thioether (sulfide) groups is 1. The number of allylic oxidation sites excluding steroid dienone is 2. The lowest BCUT2D eigenvalue weighted by atomic mass is 9.65. The van der Waals surface area contributed by atoms with Crippen LogP contribution in [0.2, 0.25) is 0 Å². The van der Waals surface area contributed by atoms with E-state index in [0.29, 0.717) is 17.6 Å². The molecule has 1 N–H and O–H groups in total. The standard InChI is InChI=1S/C39H48O2S/c1-37(2)23-26(24-38(3,4)25-37)29-17-11-12-18-30(29)31-19-20-34(40)33-21-35-36(22-32(31)33)42-39(41-35,27-13-7-5-8-14-27)28-15-9-6-10-16-28/h11-12,17-23,27-28,40H,5-10,13-16,24-25H2,1-4H3. The maximum atomic E-state index is 11.2. The number of fused-ring (bicyclic) bond motifs is 2. The highest BCUT2D eigenvalue weighted by molar-refractivity contribution is 8.01. The molecular formula is C39H48O2S. The van der Waals surface area contributed by atoms with Crippen LogP contribution in [0.15, 0.2) is 59.5 Å². The Bertz CT molecular complexity index is 1500. The monoisotopic (exact) mass is 580 g/mol. The van der Waals surface area contributed by atoms with Crippen molar-refractivity contribution in [2.45, 2.75) is 115 Å². The summed E-state index contributed by atoms with van der Waals surface area (Å²) in [6.07, 6.45) is 17.9. The van der Waals surface area contributed by atoms with Gasteiger partial charge in [0.1, 0.15) is 11.5 Å². The van der Waals surface area contributed by atoms with Crippen molar-refractivity contribution >= 4 is 28.1 Å². The molecule has 2 saturated carbocycles. The fraction of sp³-hybridized carbons (Fsp3) is 0.538. The van der Waals surface area contributed by atoms with Gasteiger partial charge < -0.3 is 9.84 Å². The van der Waals surface area contributed by atoms with Gasteiger partial charge in [0.05, 0.1) is 4.90 Å². The van der Waals surface area contributed by atoms with Gasteiger partial charge in [-0.3, -0.25) is 0 Å². The Morgan fingerprint density at radius 2 is 1.38 bits per heavy atom. The van der Waals surface area contributed by atoms with Crippen LogP contribution in [0.25, 0.3) is 27.5 Å². The van der Waals surface area contributed by atoms with Gasteiger partial charge in [-0.25, -0.2) is 0 Å². The number of aromatic hydroxyl groups is 1. The second kappa shape index (κ2) is 10.7. The number of hydrogen-bond donors (Lipinski definition) is 1. The highest BCUT2D eigenvalue weighted by atomic mass is 32.2. The lowest BCUT2D eigenvalue weighted by Crippen LogP contribution is -2.47. The molecular weight excluding hydrogens is 532 g/mol. The van der Waals surface area contributed by atoms with Gasteiger partial charge in [0.2, 0.25) is 0 Å². The molecule has 0 amide bonds. The topological polar surface area (TPSA) is 29.5 Å². The van der Waals surface area contributed by atoms with Crippen LogP contribution in [0, 0.1) is 22.7 Å². The molecule has 3 aromatic rings. The lowest BCUT2D eigenvalue weighted by Gasteiger charge is -2.45. The molecule has 2 fully saturated rings. The van der Waals surface area contributed by atoms with Crippen LogP contribution in [0.1, 0.15) is 110 Å². The minimum Gasteiger partial charge on any atom is -0.507 e. The molecule has 0 aromatic heterocycles. The first-order valence-electron chi connectivity index (χ1n) is 16.6. The van der Waals surface area contributed by atoms with E-state index in [9.17, 15) is 5.11 Å². The summed E-state index contributed by atoms with van der Waals surface area (Å²) in [4.78, 5) is 1.11. The largest absolute Gasteiger partial charge is 0.507 e. The molecule has 1 aliphatic heterocycles. The molecule has 2 nitrogen and oxygen atoms in total. The van der Waals surface area contributed by atoms with Crippen molar-refractivity contribution in [2.24, 2.45) is 22.7 Å². The third-order valence-electron chi connectivity index (χ3n) is 10.7. The quantitative estimate of drug-likeness (QED) is 0.333. The number of ether oxygens (including phenoxy) is 1. The number of rotatable bonds is 4. The predicted molar refractivity (Wildman–Crippen MR) is 178 cm³/mol. The van der Waals surface area contributed by atoms with Crippen LogP contribution in [-0.4, -0.2) is 10.0 Å². The molecule has 42 heavy (non-hydrogen) atoms. The van der Waals surface area contributed by atoms with Gasteiger partial charge in [0.25, 0.3) is 0 Å². The first-order chi connectivity index (χ1) is 20.1. The van der Waals surface area contributed by atoms with Crippen molar-refractivity contribution in [3.05, 3.63) is 60.2 Å². The summed E-state index contributed by atoms with van der Waals surface area (Å²) in [5.74, 6) is 2.54. The van der Waals surface area contributed by atoms with Gasteiger partial charge in [-0.15, -0.1) is 0 Å². The summed E-state index contributed by atoms with van der Waals surface area (Å²) in [6.45, 7) is 9.56. The van der Waals surface area contributed by atoms with Gasteiger partial charge in [0.15, 0.2) is 4.93 Å². The maximum absolute atomic E-state index is 11.2. The highest BCUT2D eigenvalue weighted by Crippen LogP contribution is 2.61. The minimum absolute atomic E-state index is 0.154. The van der Waals surface area contributed by atoms with Gasteiger partial charge in [0, 0.05) is 17.2 Å². The Labute approximate surface area is 257 Å². The summed E-state index contributed by atoms with van der Waals surface area (Å²) in [6, 6.07) is 17.5. The normalized spacial score (nSPS) is 23.8. The van der Waals surface area contributed by atoms with Crippen molar-refractivity contribution in [1.82, 2.24) is 0 Å². The Morgan fingerprint density at radius 3 is 2.02 bits per heavy atom. The van der Waals surface area contributed by atoms with Gasteiger partial charge >= 0.3 is 0 Å². The smallest absolute Gasteiger partial charge is 0.164 e. The molecule has 222 valence electrons. The third-order valence-corrected chi connectivity index (χ3v) is 12.3. The van der Waals surface area contributed by atoms with Gasteiger partial charge in [-0.05, 0) is 95.2 Å². The highest BCUT2D eigenvalue weighted by Gasteiger charge is 2.52. The van der Waals surface area contributed by atoms with E-state index in [1.807, 2.05) is 17.8 Å². The Morgan fingerprint density at radius 1 is 0.738 bits per heavy atom. The molecule has 1 heterocycles. The van der Waals surface area contributed by atoms with Crippen molar-refractivity contribution < 1.29 is 9.84 Å². The number of hydrogen-bond acceptors (Lipinski definition) is 3. The first-order valence-corrected chi connectivity index (χ1v) is 17.5. The van der Waals surface area contributed by atoms with E-state index >= 15 is 0 Å². The van der Waals surface area contributed by atoms with E-state index in [1.54, 1.807) is 0 Å². The SMILES string of the molecule is CC1(C)C=C(c2ccccc2-c2ccc(O)c3cc4c(cc23)SC(C2CCCCC2)(C2CCCCC2)O4)CC(C)(C)C1. The third kappa shape index (κ3) is 5.08. The van der Waals surface area contributed by atoms with E-state index in [4.69, 9.17) is 4.74 Å². The van der Waals surface area contributed by atoms with Crippen molar-refractivity contribution in [3.63, 3.8) is 0 Å². The van der Waals surface area contributed by atoms with Crippen LogP contribution >= 0.6 is 11.8 Å². The first kappa shape index (κ1) is 28.4. The van der Waals surface area contributed by atoms with Crippen molar-refractivity contribution in [1.29, 1.82) is 0 Å². The Kier molecular flexibility index (Phi) is 7.20. The summed E-state index contributed by atoms with van der Waals surface area (Å²) in [5, 5.41) is 13.2. The number of phenols is 1. The Hall–Kier alpha value is -2.39. The molecule has 0 bridgehead atoms. The lowest BCUT2D eigenvalue weighted by molar-refractivity contribution is 0.0132. The van der Waals surface area contributed by atoms with Crippen molar-refractivity contribution in [3.8, 4) is 22.6 Å². The fourth-order valence-corrected chi connectivity index (χ4v) is 11.0. The van der Waals surface area contributed by atoms with E-state index in [-0.39, 0.29) is 15.8 Å². The zero-order valence-electron chi connectivity index (χ0n) is 26.1. The molecule has 3 aromatic carbocycles. The molecule has 3 heteroatoms. The van der Waals surface area contributed by atoms with Crippen LogP contribution < -0.4 is 4.74 Å². The number of phenolic OH excluding ortho intramolecular Hbond substituents is 1. The molecule has 7 rings (SSSR count). The van der Waals surface area contributed by atoms with Crippen LogP contribution in [0.3, 0.4) is 0 Å². The summed E-state index contributed by atoms with van der Waals surface area (Å²) in [5.41, 5.74) is 5.66. The zero-order chi connectivity index (χ0) is 29.1. The summed E-state index contributed by atoms with van der Waals surface area (Å²) in [7, 11) is 0. The van der Waals surface area contributed by atoms with Gasteiger partial charge in [-0.2, -0.15) is 0 Å². The van der Waals surface area contributed by atoms with E-state index in [2.05, 4.69) is 76.2 Å². The average molecular weight is 581 g/mol. The van der Waals surface area contributed by atoms with Crippen LogP contribution in [0.5, 0.6) is 11.5 Å². The molecule has 3 aliphatic carbocycles. The van der Waals surface area contributed by atoms with Crippen molar-refractivity contribution in [2.75, 3.05) is 0 Å². The average Bonchev–Trinajstić information content (AvgIpc) is 3.36. The summed E-state index contributed by atoms with van der Waals surface area (Å²) < 4.78 is 7.19. The minimum atomic E-state index is -0.154. The Balaban J connectivity index is 1.34. The summed E-state index contributed by atoms with van der Waals surface area (Å²) >= 11 is 2.04. The van der Waals surface area contributed by atoms with Crippen LogP contribution in [-0.2, 0) is 0 Å². The molecule has 0 atom stereocenters. The molecule has 0 spiro atoms. The maximum Gasteiger partial charge on any atom is 0.164 e. The van der Waals surface area contributed by atoms with E-state index in [1.165, 1.54) is 97.8 Å². The number of benzene rings is 3. The predicted octanol–water partition coefficient (Wildman–Crippen LogP) is 11.8. The molecule has 4 aliphatic rings. The molecule has 0 unspecified atom stereocenters. The fourth-order valence-electron chi connectivity index (χ4n) is 9.33. The second-order valence-corrected chi connectivity index (χ2v) is 16.6. The van der Waals surface area contributed by atoms with E-state index < -0.39 is 0 Å². The second-order valence-electron chi connectivity index (χ2n) is 15.3. The van der Waals surface area contributed by atoms with Gasteiger partial charge in [-0.1, -0.05) is 114 Å². The molecule has 0 radical (unpaired) electrons. The zero-order valence-corrected chi connectivity index (χ0v) is 26.9.